The lowest BCUT2D eigenvalue weighted by Crippen LogP contribution is -2.02. The van der Waals surface area contributed by atoms with E-state index in [0.717, 1.165) is 23.6 Å². The third-order valence-electron chi connectivity index (χ3n) is 6.62. The Morgan fingerprint density at radius 2 is 1.89 bits per heavy atom. The molecule has 2 N–H and O–H groups in total. The van der Waals surface area contributed by atoms with Crippen LogP contribution in [-0.4, -0.2) is 11.3 Å². The van der Waals surface area contributed by atoms with Crippen LogP contribution in [0.1, 0.15) is 49.1 Å². The van der Waals surface area contributed by atoms with Crippen LogP contribution >= 0.6 is 11.6 Å². The molecule has 2 aliphatic rings. The fourth-order valence-electron chi connectivity index (χ4n) is 5.37. The molecule has 1 unspecified atom stereocenters. The van der Waals surface area contributed by atoms with Gasteiger partial charge in [-0.2, -0.15) is 0 Å². The van der Waals surface area contributed by atoms with Gasteiger partial charge in [-0.15, -0.1) is 0 Å². The van der Waals surface area contributed by atoms with Crippen molar-refractivity contribution in [2.45, 2.75) is 49.3 Å². The summed E-state index contributed by atoms with van der Waals surface area (Å²) in [6.45, 7) is 0. The number of halogens is 1. The average Bonchev–Trinajstić information content (AvgIpc) is 3.00. The van der Waals surface area contributed by atoms with Crippen molar-refractivity contribution in [1.82, 2.24) is 0 Å². The van der Waals surface area contributed by atoms with Crippen LogP contribution in [0.4, 0.5) is 0 Å². The SMILES string of the molecule is COc1ccc(Cl)cc1CC[C@@H]1[C@@H](c2ccc(S(N)=O)cc2)C12CCCC2. The number of hydrogen-bond acceptors (Lipinski definition) is 2. The maximum Gasteiger partial charge on any atom is 0.122 e. The van der Waals surface area contributed by atoms with Gasteiger partial charge in [0.1, 0.15) is 16.7 Å². The Morgan fingerprint density at radius 1 is 1.19 bits per heavy atom. The third-order valence-corrected chi connectivity index (χ3v) is 7.60. The summed E-state index contributed by atoms with van der Waals surface area (Å²) in [6, 6.07) is 14.0. The molecule has 2 aromatic carbocycles. The van der Waals surface area contributed by atoms with Gasteiger partial charge in [0.05, 0.1) is 12.0 Å². The Labute approximate surface area is 168 Å². The monoisotopic (exact) mass is 403 g/mol. The molecule has 27 heavy (non-hydrogen) atoms. The maximum atomic E-state index is 11.5. The van der Waals surface area contributed by atoms with E-state index in [1.807, 2.05) is 30.3 Å². The van der Waals surface area contributed by atoms with Crippen molar-refractivity contribution in [2.75, 3.05) is 7.11 Å². The van der Waals surface area contributed by atoms with Crippen molar-refractivity contribution >= 4 is 22.6 Å². The van der Waals surface area contributed by atoms with Crippen LogP contribution < -0.4 is 9.88 Å². The van der Waals surface area contributed by atoms with Gasteiger partial charge in [-0.25, -0.2) is 9.35 Å². The van der Waals surface area contributed by atoms with Gasteiger partial charge in [0, 0.05) is 5.02 Å². The molecule has 0 heterocycles. The first-order chi connectivity index (χ1) is 13.0. The number of ether oxygens (including phenoxy) is 1. The first kappa shape index (κ1) is 19.0. The Kier molecular flexibility index (Phi) is 5.32. The first-order valence-electron chi connectivity index (χ1n) is 9.64. The van der Waals surface area contributed by atoms with Crippen molar-refractivity contribution < 1.29 is 8.95 Å². The molecule has 3 atom stereocenters. The average molecular weight is 404 g/mol. The highest BCUT2D eigenvalue weighted by molar-refractivity contribution is 7.82. The summed E-state index contributed by atoms with van der Waals surface area (Å²) in [6.07, 6.45) is 7.43. The zero-order chi connectivity index (χ0) is 19.0. The standard InChI is InChI=1S/C22H26ClNO2S/c1-26-20-11-7-17(23)14-16(20)6-10-19-21(22(19)12-2-3-13-22)15-4-8-18(9-5-15)27(24)25/h4-5,7-9,11,14,19,21H,2-3,6,10,12-13,24H2,1H3/t19-,21-,27?/m1/s1. The maximum absolute atomic E-state index is 11.5. The second-order valence-corrected chi connectivity index (χ2v) is 9.39. The van der Waals surface area contributed by atoms with Crippen LogP contribution in [0.5, 0.6) is 5.75 Å². The number of aryl methyl sites for hydroxylation is 1. The summed E-state index contributed by atoms with van der Waals surface area (Å²) < 4.78 is 17.0. The number of benzene rings is 2. The van der Waals surface area contributed by atoms with Gasteiger partial charge in [0.15, 0.2) is 0 Å². The molecule has 2 aliphatic carbocycles. The fraction of sp³-hybridized carbons (Fsp3) is 0.455. The van der Waals surface area contributed by atoms with E-state index in [0.29, 0.717) is 22.1 Å². The van der Waals surface area contributed by atoms with Crippen LogP contribution in [0.15, 0.2) is 47.4 Å². The van der Waals surface area contributed by atoms with Crippen LogP contribution in [0.3, 0.4) is 0 Å². The lowest BCUT2D eigenvalue weighted by Gasteiger charge is -2.11. The molecule has 0 aromatic heterocycles. The second-order valence-electron chi connectivity index (χ2n) is 7.89. The lowest BCUT2D eigenvalue weighted by molar-refractivity contribution is 0.406. The highest BCUT2D eigenvalue weighted by Gasteiger charge is 2.64. The summed E-state index contributed by atoms with van der Waals surface area (Å²) in [5, 5.41) is 6.26. The zero-order valence-corrected chi connectivity index (χ0v) is 17.2. The summed E-state index contributed by atoms with van der Waals surface area (Å²) in [7, 11) is 0.306. The van der Waals surface area contributed by atoms with Crippen molar-refractivity contribution in [3.63, 3.8) is 0 Å². The third kappa shape index (κ3) is 3.55. The Morgan fingerprint density at radius 3 is 2.52 bits per heavy atom. The summed E-state index contributed by atoms with van der Waals surface area (Å²) in [4.78, 5) is 0.695. The minimum atomic E-state index is -1.41. The van der Waals surface area contributed by atoms with E-state index in [2.05, 4.69) is 12.1 Å². The molecule has 0 amide bonds. The predicted octanol–water partition coefficient (Wildman–Crippen LogP) is 5.24. The molecular formula is C22H26ClNO2S. The summed E-state index contributed by atoms with van der Waals surface area (Å²) in [5.74, 6) is 2.22. The van der Waals surface area contributed by atoms with E-state index in [4.69, 9.17) is 21.5 Å². The molecule has 2 fully saturated rings. The van der Waals surface area contributed by atoms with E-state index in [1.54, 1.807) is 7.11 Å². The van der Waals surface area contributed by atoms with E-state index in [-0.39, 0.29) is 0 Å². The van der Waals surface area contributed by atoms with E-state index >= 15 is 0 Å². The normalized spacial score (nSPS) is 24.1. The molecule has 0 radical (unpaired) electrons. The van der Waals surface area contributed by atoms with Gasteiger partial charge in [0.2, 0.25) is 0 Å². The molecule has 2 saturated carbocycles. The lowest BCUT2D eigenvalue weighted by atomic mass is 9.96. The highest BCUT2D eigenvalue weighted by Crippen LogP contribution is 2.73. The molecule has 2 aromatic rings. The molecule has 0 saturated heterocycles. The largest absolute Gasteiger partial charge is 0.496 e. The molecule has 3 nitrogen and oxygen atoms in total. The first-order valence-corrected chi connectivity index (χ1v) is 11.2. The van der Waals surface area contributed by atoms with Gasteiger partial charge >= 0.3 is 0 Å². The molecule has 0 aliphatic heterocycles. The van der Waals surface area contributed by atoms with Crippen LogP contribution in [0.2, 0.25) is 5.02 Å². The summed E-state index contributed by atoms with van der Waals surface area (Å²) in [5.41, 5.74) is 3.02. The van der Waals surface area contributed by atoms with E-state index < -0.39 is 11.0 Å². The molecule has 144 valence electrons. The predicted molar refractivity (Wildman–Crippen MR) is 110 cm³/mol. The quantitative estimate of drug-likeness (QED) is 0.717. The van der Waals surface area contributed by atoms with Gasteiger partial charge in [0.25, 0.3) is 0 Å². The van der Waals surface area contributed by atoms with Gasteiger partial charge in [-0.05, 0) is 84.4 Å². The number of nitrogens with two attached hydrogens (primary N) is 1. The van der Waals surface area contributed by atoms with Gasteiger partial charge in [-0.3, -0.25) is 0 Å². The van der Waals surface area contributed by atoms with Crippen molar-refractivity contribution in [3.8, 4) is 5.75 Å². The van der Waals surface area contributed by atoms with Gasteiger partial charge < -0.3 is 4.74 Å². The van der Waals surface area contributed by atoms with Crippen molar-refractivity contribution in [3.05, 3.63) is 58.6 Å². The summed E-state index contributed by atoms with van der Waals surface area (Å²) >= 11 is 6.20. The number of hydrogen-bond donors (Lipinski definition) is 1. The van der Waals surface area contributed by atoms with Crippen LogP contribution in [0, 0.1) is 11.3 Å². The number of rotatable bonds is 6. The second kappa shape index (κ2) is 7.57. The van der Waals surface area contributed by atoms with Crippen LogP contribution in [0.25, 0.3) is 0 Å². The molecule has 4 rings (SSSR count). The van der Waals surface area contributed by atoms with Crippen molar-refractivity contribution in [2.24, 2.45) is 16.5 Å². The van der Waals surface area contributed by atoms with E-state index in [1.165, 1.54) is 36.8 Å². The smallest absolute Gasteiger partial charge is 0.122 e. The minimum absolute atomic E-state index is 0.454. The zero-order valence-electron chi connectivity index (χ0n) is 15.6. The highest BCUT2D eigenvalue weighted by atomic mass is 35.5. The Bertz CT molecular complexity index is 846. The molecule has 0 bridgehead atoms. The minimum Gasteiger partial charge on any atom is -0.496 e. The Hall–Kier alpha value is -1.36. The molecule has 5 heteroatoms. The van der Waals surface area contributed by atoms with Crippen molar-refractivity contribution in [1.29, 1.82) is 0 Å². The van der Waals surface area contributed by atoms with E-state index in [9.17, 15) is 4.21 Å². The topological polar surface area (TPSA) is 52.3 Å². The molecule has 1 spiro atoms. The van der Waals surface area contributed by atoms with Crippen LogP contribution in [-0.2, 0) is 17.4 Å². The fourth-order valence-corrected chi connectivity index (χ4v) is 5.97. The number of methoxy groups -OCH3 is 1. The molecular weight excluding hydrogens is 378 g/mol. The van der Waals surface area contributed by atoms with Gasteiger partial charge in [-0.1, -0.05) is 36.6 Å². The Balaban J connectivity index is 1.53.